The third kappa shape index (κ3) is 4.68. The first-order chi connectivity index (χ1) is 12.2. The van der Waals surface area contributed by atoms with Crippen LogP contribution >= 0.6 is 0 Å². The van der Waals surface area contributed by atoms with Crippen LogP contribution in [0.25, 0.3) is 11.1 Å². The maximum absolute atomic E-state index is 12.0. The Hall–Kier alpha value is -3.11. The summed E-state index contributed by atoms with van der Waals surface area (Å²) in [6.45, 7) is 0.451. The highest BCUT2D eigenvalue weighted by atomic mass is 16.3. The zero-order chi connectivity index (χ0) is 17.5. The van der Waals surface area contributed by atoms with Crippen LogP contribution in [0.15, 0.2) is 78.9 Å². The molecule has 0 aromatic heterocycles. The van der Waals surface area contributed by atoms with Crippen LogP contribution in [0, 0.1) is 0 Å². The Morgan fingerprint density at radius 1 is 0.760 bits per heavy atom. The summed E-state index contributed by atoms with van der Waals surface area (Å²) in [5.74, 6) is 0. The second kappa shape index (κ2) is 8.13. The van der Waals surface area contributed by atoms with E-state index in [0.29, 0.717) is 6.54 Å². The fourth-order valence-corrected chi connectivity index (χ4v) is 2.50. The zero-order valence-corrected chi connectivity index (χ0v) is 13.8. The first-order valence-electron chi connectivity index (χ1n) is 8.13. The third-order valence-electron chi connectivity index (χ3n) is 3.91. The van der Waals surface area contributed by atoms with Crippen LogP contribution < -0.4 is 10.6 Å². The molecule has 4 heteroatoms. The number of rotatable bonds is 5. The number of aliphatic hydroxyl groups excluding tert-OH is 1. The van der Waals surface area contributed by atoms with Gasteiger partial charge in [-0.25, -0.2) is 4.79 Å². The van der Waals surface area contributed by atoms with Crippen molar-refractivity contribution >= 4 is 11.7 Å². The number of aliphatic hydroxyl groups is 1. The molecule has 0 fully saturated rings. The van der Waals surface area contributed by atoms with Crippen LogP contribution in [0.3, 0.4) is 0 Å². The number of carbonyl (C=O) groups excluding carboxylic acids is 1. The molecular weight excluding hydrogens is 312 g/mol. The number of anilines is 1. The predicted octanol–water partition coefficient (Wildman–Crippen LogP) is 4.17. The van der Waals surface area contributed by atoms with Gasteiger partial charge in [-0.05, 0) is 34.4 Å². The van der Waals surface area contributed by atoms with E-state index in [0.717, 1.165) is 27.9 Å². The van der Waals surface area contributed by atoms with E-state index in [1.165, 1.54) is 0 Å². The molecule has 0 saturated carbocycles. The number of benzene rings is 3. The van der Waals surface area contributed by atoms with E-state index in [4.69, 9.17) is 5.11 Å². The lowest BCUT2D eigenvalue weighted by molar-refractivity contribution is 0.251. The zero-order valence-electron chi connectivity index (χ0n) is 13.8. The average molecular weight is 332 g/mol. The summed E-state index contributed by atoms with van der Waals surface area (Å²) in [6, 6.07) is 25.1. The van der Waals surface area contributed by atoms with E-state index in [2.05, 4.69) is 22.8 Å². The van der Waals surface area contributed by atoms with Gasteiger partial charge in [-0.2, -0.15) is 0 Å². The molecule has 0 saturated heterocycles. The first-order valence-corrected chi connectivity index (χ1v) is 8.13. The van der Waals surface area contributed by atoms with Gasteiger partial charge in [0.15, 0.2) is 0 Å². The molecule has 126 valence electrons. The van der Waals surface area contributed by atoms with E-state index in [-0.39, 0.29) is 12.6 Å². The Morgan fingerprint density at radius 2 is 1.36 bits per heavy atom. The van der Waals surface area contributed by atoms with Crippen molar-refractivity contribution in [3.63, 3.8) is 0 Å². The minimum Gasteiger partial charge on any atom is -0.392 e. The van der Waals surface area contributed by atoms with Gasteiger partial charge in [0.1, 0.15) is 0 Å². The molecule has 2 amide bonds. The van der Waals surface area contributed by atoms with E-state index in [9.17, 15) is 4.79 Å². The highest BCUT2D eigenvalue weighted by Gasteiger charge is 2.03. The molecule has 25 heavy (non-hydrogen) atoms. The van der Waals surface area contributed by atoms with Crippen molar-refractivity contribution in [2.45, 2.75) is 13.2 Å². The number of amides is 2. The Labute approximate surface area is 147 Å². The minimum absolute atomic E-state index is 0.0210. The largest absolute Gasteiger partial charge is 0.392 e. The van der Waals surface area contributed by atoms with Crippen molar-refractivity contribution < 1.29 is 9.90 Å². The molecule has 0 aliphatic heterocycles. The van der Waals surface area contributed by atoms with Crippen LogP contribution in [0.1, 0.15) is 11.1 Å². The van der Waals surface area contributed by atoms with E-state index >= 15 is 0 Å². The molecule has 0 atom stereocenters. The highest BCUT2D eigenvalue weighted by Crippen LogP contribution is 2.20. The second-order valence-electron chi connectivity index (χ2n) is 5.73. The maximum Gasteiger partial charge on any atom is 0.319 e. The van der Waals surface area contributed by atoms with Crippen LogP contribution in [0.2, 0.25) is 0 Å². The second-order valence-corrected chi connectivity index (χ2v) is 5.73. The van der Waals surface area contributed by atoms with Crippen molar-refractivity contribution in [3.05, 3.63) is 90.0 Å². The molecule has 3 rings (SSSR count). The van der Waals surface area contributed by atoms with Crippen molar-refractivity contribution in [2.75, 3.05) is 5.32 Å². The monoisotopic (exact) mass is 332 g/mol. The summed E-state index contributed by atoms with van der Waals surface area (Å²) in [6.07, 6.45) is 0. The molecule has 4 nitrogen and oxygen atoms in total. The highest BCUT2D eigenvalue weighted by molar-refractivity contribution is 5.89. The number of hydrogen-bond donors (Lipinski definition) is 3. The fraction of sp³-hybridized carbons (Fsp3) is 0.0952. The lowest BCUT2D eigenvalue weighted by Gasteiger charge is -2.09. The molecule has 0 aliphatic rings. The van der Waals surface area contributed by atoms with Crippen molar-refractivity contribution in [3.8, 4) is 11.1 Å². The van der Waals surface area contributed by atoms with Crippen molar-refractivity contribution in [1.29, 1.82) is 0 Å². The Kier molecular flexibility index (Phi) is 5.44. The lowest BCUT2D eigenvalue weighted by atomic mass is 10.1. The van der Waals surface area contributed by atoms with Crippen LogP contribution in [0.4, 0.5) is 10.5 Å². The number of hydrogen-bond acceptors (Lipinski definition) is 2. The Bertz CT molecular complexity index is 813. The first kappa shape index (κ1) is 16.7. The number of carbonyl (C=O) groups is 1. The van der Waals surface area contributed by atoms with Gasteiger partial charge in [0.2, 0.25) is 0 Å². The summed E-state index contributed by atoms with van der Waals surface area (Å²) in [4.78, 5) is 12.0. The smallest absolute Gasteiger partial charge is 0.319 e. The van der Waals surface area contributed by atoms with Gasteiger partial charge in [0, 0.05) is 12.2 Å². The van der Waals surface area contributed by atoms with Gasteiger partial charge in [-0.3, -0.25) is 0 Å². The summed E-state index contributed by atoms with van der Waals surface area (Å²) in [5, 5.41) is 14.7. The molecule has 0 aliphatic carbocycles. The molecule has 0 radical (unpaired) electrons. The summed E-state index contributed by atoms with van der Waals surface area (Å²) >= 11 is 0. The molecule has 0 bridgehead atoms. The van der Waals surface area contributed by atoms with Gasteiger partial charge in [-0.15, -0.1) is 0 Å². The van der Waals surface area contributed by atoms with E-state index in [1.54, 1.807) is 0 Å². The van der Waals surface area contributed by atoms with Crippen molar-refractivity contribution in [2.24, 2.45) is 0 Å². The molecule has 0 heterocycles. The van der Waals surface area contributed by atoms with Gasteiger partial charge in [-0.1, -0.05) is 66.7 Å². The maximum atomic E-state index is 12.0. The fourth-order valence-electron chi connectivity index (χ4n) is 2.50. The van der Waals surface area contributed by atoms with Crippen molar-refractivity contribution in [1.82, 2.24) is 5.32 Å². The number of nitrogens with one attached hydrogen (secondary N) is 2. The third-order valence-corrected chi connectivity index (χ3v) is 3.91. The van der Waals surface area contributed by atoms with Crippen LogP contribution in [0.5, 0.6) is 0 Å². The quantitative estimate of drug-likeness (QED) is 0.657. The Morgan fingerprint density at radius 3 is 2.00 bits per heavy atom. The molecular formula is C21H20N2O2. The summed E-state index contributed by atoms with van der Waals surface area (Å²) < 4.78 is 0. The molecule has 0 unspecified atom stereocenters. The number of urea groups is 1. The van der Waals surface area contributed by atoms with Gasteiger partial charge in [0.05, 0.1) is 6.61 Å². The van der Waals surface area contributed by atoms with E-state index < -0.39 is 0 Å². The standard InChI is InChI=1S/C21H20N2O2/c24-15-17-8-6-16(7-9-17)14-22-21(25)23-20-12-10-19(11-13-20)18-4-2-1-3-5-18/h1-13,24H,14-15H2,(H2,22,23,25). The van der Waals surface area contributed by atoms with Gasteiger partial charge in [0.25, 0.3) is 0 Å². The lowest BCUT2D eigenvalue weighted by Crippen LogP contribution is -2.28. The molecule has 3 aromatic rings. The van der Waals surface area contributed by atoms with Gasteiger partial charge < -0.3 is 15.7 Å². The normalized spacial score (nSPS) is 10.3. The minimum atomic E-state index is -0.251. The van der Waals surface area contributed by atoms with Gasteiger partial charge >= 0.3 is 6.03 Å². The molecule has 0 spiro atoms. The topological polar surface area (TPSA) is 61.4 Å². The average Bonchev–Trinajstić information content (AvgIpc) is 2.68. The summed E-state index contributed by atoms with van der Waals surface area (Å²) in [5.41, 5.74) is 4.83. The molecule has 3 N–H and O–H groups in total. The SMILES string of the molecule is O=C(NCc1ccc(CO)cc1)Nc1ccc(-c2ccccc2)cc1. The Balaban J connectivity index is 1.54. The van der Waals surface area contributed by atoms with Crippen LogP contribution in [-0.2, 0) is 13.2 Å². The van der Waals surface area contributed by atoms with E-state index in [1.807, 2.05) is 66.7 Å². The molecule has 3 aromatic carbocycles. The summed E-state index contributed by atoms with van der Waals surface area (Å²) in [7, 11) is 0. The predicted molar refractivity (Wildman–Crippen MR) is 100 cm³/mol. The van der Waals surface area contributed by atoms with Crippen LogP contribution in [-0.4, -0.2) is 11.1 Å².